The van der Waals surface area contributed by atoms with E-state index in [2.05, 4.69) is 16.6 Å². The van der Waals surface area contributed by atoms with E-state index < -0.39 is 35.6 Å². The highest BCUT2D eigenvalue weighted by Crippen LogP contribution is 2.26. The van der Waals surface area contributed by atoms with Gasteiger partial charge in [0.15, 0.2) is 0 Å². The summed E-state index contributed by atoms with van der Waals surface area (Å²) in [5.74, 6) is 1.76. The molecule has 0 radical (unpaired) electrons. The number of likely N-dealkylation sites (N-methyl/N-ethyl adjacent to an activating group) is 1. The van der Waals surface area contributed by atoms with Crippen molar-refractivity contribution >= 4 is 23.6 Å². The Labute approximate surface area is 241 Å². The van der Waals surface area contributed by atoms with Gasteiger partial charge in [0.2, 0.25) is 5.91 Å². The van der Waals surface area contributed by atoms with Crippen molar-refractivity contribution in [3.63, 3.8) is 0 Å². The molecule has 3 N–H and O–H groups in total. The molecule has 0 spiro atoms. The molecule has 2 atom stereocenters. The Morgan fingerprint density at radius 3 is 2.20 bits per heavy atom. The van der Waals surface area contributed by atoms with Crippen molar-refractivity contribution in [2.24, 2.45) is 0 Å². The van der Waals surface area contributed by atoms with Gasteiger partial charge >= 0.3 is 6.09 Å². The van der Waals surface area contributed by atoms with Gasteiger partial charge in [-0.2, -0.15) is 0 Å². The van der Waals surface area contributed by atoms with Crippen molar-refractivity contribution in [1.29, 1.82) is 0 Å². The molecule has 3 rings (SSSR count). The van der Waals surface area contributed by atoms with Gasteiger partial charge in [-0.15, -0.1) is 6.42 Å². The van der Waals surface area contributed by atoms with Crippen molar-refractivity contribution < 1.29 is 24.2 Å². The second-order valence-electron chi connectivity index (χ2n) is 10.7. The topological polar surface area (TPSA) is 108 Å². The van der Waals surface area contributed by atoms with Crippen LogP contribution in [-0.4, -0.2) is 46.1 Å². The van der Waals surface area contributed by atoms with Crippen LogP contribution in [-0.2, 0) is 20.7 Å². The van der Waals surface area contributed by atoms with E-state index in [9.17, 15) is 19.5 Å². The molecule has 2 unspecified atom stereocenters. The molecule has 8 nitrogen and oxygen atoms in total. The number of amides is 3. The van der Waals surface area contributed by atoms with Gasteiger partial charge in [0, 0.05) is 24.2 Å². The molecule has 3 amide bonds. The summed E-state index contributed by atoms with van der Waals surface area (Å²) >= 11 is 0. The Morgan fingerprint density at radius 1 is 1.00 bits per heavy atom. The van der Waals surface area contributed by atoms with Gasteiger partial charge in [-0.25, -0.2) is 4.79 Å². The van der Waals surface area contributed by atoms with E-state index in [4.69, 9.17) is 11.2 Å². The first-order valence-electron chi connectivity index (χ1n) is 13.4. The molecule has 41 heavy (non-hydrogen) atoms. The highest BCUT2D eigenvalue weighted by Gasteiger charge is 2.36. The molecule has 0 aliphatic carbocycles. The summed E-state index contributed by atoms with van der Waals surface area (Å²) in [7, 11) is 0. The Bertz CT molecular complexity index is 1400. The van der Waals surface area contributed by atoms with E-state index in [1.54, 1.807) is 70.2 Å². The lowest BCUT2D eigenvalue weighted by atomic mass is 9.99. The molecule has 0 aliphatic rings. The first-order valence-corrected chi connectivity index (χ1v) is 13.4. The van der Waals surface area contributed by atoms with Crippen LogP contribution in [0.2, 0.25) is 0 Å². The van der Waals surface area contributed by atoms with Crippen LogP contribution in [0.25, 0.3) is 0 Å². The second-order valence-corrected chi connectivity index (χ2v) is 10.7. The molecule has 0 fully saturated rings. The molecular formula is C33H37N3O5. The van der Waals surface area contributed by atoms with Crippen LogP contribution < -0.4 is 10.6 Å². The number of ether oxygens (including phenoxy) is 1. The third-order valence-electron chi connectivity index (χ3n) is 6.35. The molecule has 214 valence electrons. The number of anilines is 1. The minimum Gasteiger partial charge on any atom is -0.508 e. The summed E-state index contributed by atoms with van der Waals surface area (Å²) < 4.78 is 5.44. The average Bonchev–Trinajstić information content (AvgIpc) is 2.92. The van der Waals surface area contributed by atoms with E-state index >= 15 is 0 Å². The maximum Gasteiger partial charge on any atom is 0.408 e. The van der Waals surface area contributed by atoms with Crippen molar-refractivity contribution in [3.05, 3.63) is 95.1 Å². The Hall–Kier alpha value is -4.77. The Balaban J connectivity index is 2.02. The molecule has 0 heterocycles. The van der Waals surface area contributed by atoms with Crippen LogP contribution in [0.15, 0.2) is 72.8 Å². The number of aryl methyl sites for hydroxylation is 1. The van der Waals surface area contributed by atoms with Gasteiger partial charge in [-0.3, -0.25) is 9.59 Å². The molecule has 0 saturated heterocycles. The number of aromatic hydroxyl groups is 1. The highest BCUT2D eigenvalue weighted by atomic mass is 16.6. The SMILES string of the molecule is C#Cc1ccc(C(C(=O)Nc2ccccc2C)N(CC)C(=O)C(Cc2ccc(O)cc2)NC(=O)OC(C)(C)C)cc1. The first kappa shape index (κ1) is 30.8. The fourth-order valence-corrected chi connectivity index (χ4v) is 4.33. The summed E-state index contributed by atoms with van der Waals surface area (Å²) in [4.78, 5) is 42.3. The number of carbonyl (C=O) groups is 3. The van der Waals surface area contributed by atoms with Gasteiger partial charge in [0.1, 0.15) is 23.4 Å². The van der Waals surface area contributed by atoms with Crippen molar-refractivity contribution in [1.82, 2.24) is 10.2 Å². The van der Waals surface area contributed by atoms with Crippen LogP contribution in [0.5, 0.6) is 5.75 Å². The van der Waals surface area contributed by atoms with Crippen molar-refractivity contribution in [3.8, 4) is 18.1 Å². The molecule has 0 aromatic heterocycles. The van der Waals surface area contributed by atoms with Gasteiger partial charge < -0.3 is 25.4 Å². The number of phenols is 1. The van der Waals surface area contributed by atoms with E-state index in [-0.39, 0.29) is 18.7 Å². The maximum absolute atomic E-state index is 14.2. The number of nitrogens with zero attached hydrogens (tertiary/aromatic N) is 1. The quantitative estimate of drug-likeness (QED) is 0.309. The normalized spacial score (nSPS) is 12.4. The molecule has 0 bridgehead atoms. The maximum atomic E-state index is 14.2. The van der Waals surface area contributed by atoms with E-state index in [0.29, 0.717) is 22.4 Å². The van der Waals surface area contributed by atoms with Crippen LogP contribution in [0, 0.1) is 19.3 Å². The lowest BCUT2D eigenvalue weighted by molar-refractivity contribution is -0.140. The minimum atomic E-state index is -1.06. The lowest BCUT2D eigenvalue weighted by Crippen LogP contribution is -2.53. The van der Waals surface area contributed by atoms with Gasteiger partial charge in [-0.05, 0) is 81.6 Å². The second kappa shape index (κ2) is 13.5. The van der Waals surface area contributed by atoms with Crippen LogP contribution in [0.3, 0.4) is 0 Å². The van der Waals surface area contributed by atoms with E-state index in [0.717, 1.165) is 5.56 Å². The zero-order valence-corrected chi connectivity index (χ0v) is 24.1. The molecular weight excluding hydrogens is 518 g/mol. The summed E-state index contributed by atoms with van der Waals surface area (Å²) in [6.45, 7) is 9.01. The Morgan fingerprint density at radius 2 is 1.63 bits per heavy atom. The highest BCUT2D eigenvalue weighted by molar-refractivity contribution is 5.99. The lowest BCUT2D eigenvalue weighted by Gasteiger charge is -2.34. The monoisotopic (exact) mass is 555 g/mol. The number of alkyl carbamates (subject to hydrolysis) is 1. The predicted molar refractivity (Wildman–Crippen MR) is 159 cm³/mol. The summed E-state index contributed by atoms with van der Waals surface area (Å²) in [6.07, 6.45) is 4.89. The molecule has 0 aliphatic heterocycles. The zero-order chi connectivity index (χ0) is 30.2. The number of hydrogen-bond donors (Lipinski definition) is 3. The molecule has 0 saturated carbocycles. The van der Waals surface area contributed by atoms with Crippen LogP contribution in [0.1, 0.15) is 56.0 Å². The summed E-state index contributed by atoms with van der Waals surface area (Å²) in [6, 6.07) is 18.5. The largest absolute Gasteiger partial charge is 0.508 e. The van der Waals surface area contributed by atoms with Crippen LogP contribution >= 0.6 is 0 Å². The minimum absolute atomic E-state index is 0.0790. The number of hydrogen-bond acceptors (Lipinski definition) is 5. The Kier molecular flexibility index (Phi) is 10.2. The third-order valence-corrected chi connectivity index (χ3v) is 6.35. The first-order chi connectivity index (χ1) is 19.4. The molecule has 3 aromatic rings. The van der Waals surface area contributed by atoms with E-state index in [1.807, 2.05) is 25.1 Å². The van der Waals surface area contributed by atoms with Crippen molar-refractivity contribution in [2.75, 3.05) is 11.9 Å². The van der Waals surface area contributed by atoms with Crippen LogP contribution in [0.4, 0.5) is 10.5 Å². The number of benzene rings is 3. The number of carbonyl (C=O) groups excluding carboxylic acids is 3. The summed E-state index contributed by atoms with van der Waals surface area (Å²) in [5, 5.41) is 15.4. The molecule has 8 heteroatoms. The summed E-state index contributed by atoms with van der Waals surface area (Å²) in [5.41, 5.74) is 2.61. The zero-order valence-electron chi connectivity index (χ0n) is 24.1. The number of rotatable bonds is 9. The standard InChI is InChI=1S/C33H37N3O5/c1-7-23-13-17-25(18-14-23)29(30(38)34-27-12-10-9-11-22(27)3)36(8-2)31(39)28(35-32(40)41-33(4,5)6)21-24-15-19-26(37)20-16-24/h1,9-20,28-29,37H,8,21H2,2-6H3,(H,34,38)(H,35,40). The van der Waals surface area contributed by atoms with E-state index in [1.165, 1.54) is 17.0 Å². The van der Waals surface area contributed by atoms with Gasteiger partial charge in [0.25, 0.3) is 5.91 Å². The van der Waals surface area contributed by atoms with Gasteiger partial charge in [-0.1, -0.05) is 48.4 Å². The third kappa shape index (κ3) is 8.61. The fourth-order valence-electron chi connectivity index (χ4n) is 4.33. The number of nitrogens with one attached hydrogen (secondary N) is 2. The molecule has 3 aromatic carbocycles. The number of phenolic OH excluding ortho intramolecular Hbond substituents is 1. The fraction of sp³-hybridized carbons (Fsp3) is 0.303. The van der Waals surface area contributed by atoms with Crippen molar-refractivity contribution in [2.45, 2.75) is 58.7 Å². The average molecular weight is 556 g/mol. The predicted octanol–water partition coefficient (Wildman–Crippen LogP) is 5.35. The van der Waals surface area contributed by atoms with Gasteiger partial charge in [0.05, 0.1) is 0 Å². The number of para-hydroxylation sites is 1. The smallest absolute Gasteiger partial charge is 0.408 e. The number of terminal acetylenes is 1.